The highest BCUT2D eigenvalue weighted by atomic mass is 32.2. The number of sulfonamides is 1. The van der Waals surface area contributed by atoms with Crippen LogP contribution in [0.5, 0.6) is 0 Å². The number of nitrogens with zero attached hydrogens (tertiary/aromatic N) is 2. The van der Waals surface area contributed by atoms with E-state index in [4.69, 9.17) is 0 Å². The van der Waals surface area contributed by atoms with Gasteiger partial charge in [0.25, 0.3) is 0 Å². The van der Waals surface area contributed by atoms with Crippen molar-refractivity contribution in [2.75, 3.05) is 31.1 Å². The lowest BCUT2D eigenvalue weighted by molar-refractivity contribution is 0.383. The monoisotopic (exact) mass is 362 g/mol. The van der Waals surface area contributed by atoms with Gasteiger partial charge in [0.2, 0.25) is 10.0 Å². The van der Waals surface area contributed by atoms with Crippen LogP contribution in [-0.2, 0) is 16.4 Å². The molecule has 0 radical (unpaired) electrons. The van der Waals surface area contributed by atoms with E-state index < -0.39 is 10.0 Å². The summed E-state index contributed by atoms with van der Waals surface area (Å²) < 4.78 is 41.0. The minimum absolute atomic E-state index is 0.273. The number of para-hydroxylation sites is 1. The van der Waals surface area contributed by atoms with Gasteiger partial charge in [-0.1, -0.05) is 37.6 Å². The number of piperazine rings is 1. The molecule has 1 heterocycles. The van der Waals surface area contributed by atoms with Crippen LogP contribution in [0.15, 0.2) is 53.4 Å². The first-order valence-corrected chi connectivity index (χ1v) is 10.0. The predicted molar refractivity (Wildman–Crippen MR) is 97.8 cm³/mol. The largest absolute Gasteiger partial charge is 0.367 e. The Bertz CT molecular complexity index is 814. The van der Waals surface area contributed by atoms with Crippen LogP contribution in [0.1, 0.15) is 18.9 Å². The normalized spacial score (nSPS) is 16.2. The fourth-order valence-corrected chi connectivity index (χ4v) is 4.57. The van der Waals surface area contributed by atoms with Gasteiger partial charge < -0.3 is 4.90 Å². The van der Waals surface area contributed by atoms with E-state index in [0.717, 1.165) is 18.4 Å². The van der Waals surface area contributed by atoms with E-state index in [1.165, 1.54) is 10.4 Å². The highest BCUT2D eigenvalue weighted by Crippen LogP contribution is 2.23. The molecule has 0 unspecified atom stereocenters. The van der Waals surface area contributed by atoms with Gasteiger partial charge in [0.15, 0.2) is 0 Å². The van der Waals surface area contributed by atoms with Crippen LogP contribution < -0.4 is 4.90 Å². The third-order valence-electron chi connectivity index (χ3n) is 4.53. The van der Waals surface area contributed by atoms with Gasteiger partial charge in [-0.05, 0) is 36.2 Å². The summed E-state index contributed by atoms with van der Waals surface area (Å²) in [6, 6.07) is 13.7. The van der Waals surface area contributed by atoms with Crippen molar-refractivity contribution >= 4 is 15.7 Å². The second-order valence-electron chi connectivity index (χ2n) is 6.24. The van der Waals surface area contributed by atoms with Crippen molar-refractivity contribution in [3.8, 4) is 0 Å². The van der Waals surface area contributed by atoms with E-state index in [1.54, 1.807) is 30.3 Å². The van der Waals surface area contributed by atoms with Crippen LogP contribution in [0.25, 0.3) is 0 Å². The molecule has 1 fully saturated rings. The first-order chi connectivity index (χ1) is 12.0. The summed E-state index contributed by atoms with van der Waals surface area (Å²) in [7, 11) is -3.50. The van der Waals surface area contributed by atoms with Gasteiger partial charge in [0.05, 0.1) is 10.6 Å². The minimum Gasteiger partial charge on any atom is -0.367 e. The predicted octanol–water partition coefficient (Wildman–Crippen LogP) is 3.29. The Kier molecular flexibility index (Phi) is 5.39. The lowest BCUT2D eigenvalue weighted by Gasteiger charge is -2.35. The molecule has 25 heavy (non-hydrogen) atoms. The molecule has 134 valence electrons. The van der Waals surface area contributed by atoms with Gasteiger partial charge in [-0.15, -0.1) is 0 Å². The maximum atomic E-state index is 13.9. The standard InChI is InChI=1S/C19H23FN2O2S/c1-2-5-16-8-10-17(11-9-16)25(23,24)22-14-12-21(13-15-22)19-7-4-3-6-18(19)20/h3-4,6-11H,2,5,12-15H2,1H3. The number of anilines is 1. The van der Waals surface area contributed by atoms with E-state index in [2.05, 4.69) is 6.92 Å². The Hall–Kier alpha value is -1.92. The number of hydrogen-bond acceptors (Lipinski definition) is 3. The van der Waals surface area contributed by atoms with Crippen molar-refractivity contribution in [3.63, 3.8) is 0 Å². The van der Waals surface area contributed by atoms with E-state index in [-0.39, 0.29) is 5.82 Å². The second kappa shape index (κ2) is 7.54. The third-order valence-corrected chi connectivity index (χ3v) is 6.44. The zero-order valence-electron chi connectivity index (χ0n) is 14.4. The molecule has 3 rings (SSSR count). The Morgan fingerprint density at radius 1 is 0.960 bits per heavy atom. The highest BCUT2D eigenvalue weighted by Gasteiger charge is 2.29. The van der Waals surface area contributed by atoms with E-state index in [9.17, 15) is 12.8 Å². The van der Waals surface area contributed by atoms with Crippen LogP contribution >= 0.6 is 0 Å². The molecule has 0 atom stereocenters. The number of benzene rings is 2. The fraction of sp³-hybridized carbons (Fsp3) is 0.368. The van der Waals surface area contributed by atoms with Gasteiger partial charge >= 0.3 is 0 Å². The van der Waals surface area contributed by atoms with Gasteiger partial charge in [0, 0.05) is 26.2 Å². The summed E-state index contributed by atoms with van der Waals surface area (Å²) in [5, 5.41) is 0. The van der Waals surface area contributed by atoms with Gasteiger partial charge in [0.1, 0.15) is 5.82 Å². The van der Waals surface area contributed by atoms with Gasteiger partial charge in [-0.2, -0.15) is 4.31 Å². The summed E-state index contributed by atoms with van der Waals surface area (Å²) in [5.74, 6) is -0.273. The fourth-order valence-electron chi connectivity index (χ4n) is 3.14. The zero-order valence-corrected chi connectivity index (χ0v) is 15.2. The average molecular weight is 362 g/mol. The maximum Gasteiger partial charge on any atom is 0.243 e. The molecule has 1 aliphatic rings. The summed E-state index contributed by atoms with van der Waals surface area (Å²) in [5.41, 5.74) is 1.68. The lowest BCUT2D eigenvalue weighted by atomic mass is 10.1. The molecule has 0 amide bonds. The van der Waals surface area contributed by atoms with E-state index in [0.29, 0.717) is 36.8 Å². The Balaban J connectivity index is 1.70. The van der Waals surface area contributed by atoms with Crippen molar-refractivity contribution in [1.29, 1.82) is 0 Å². The molecule has 6 heteroatoms. The van der Waals surface area contributed by atoms with Crippen molar-refractivity contribution in [2.24, 2.45) is 0 Å². The SMILES string of the molecule is CCCc1ccc(S(=O)(=O)N2CCN(c3ccccc3F)CC2)cc1. The molecule has 0 aromatic heterocycles. The van der Waals surface area contributed by atoms with Crippen LogP contribution in [-0.4, -0.2) is 38.9 Å². The molecule has 0 aliphatic carbocycles. The van der Waals surface area contributed by atoms with Crippen molar-refractivity contribution in [3.05, 3.63) is 59.9 Å². The van der Waals surface area contributed by atoms with Gasteiger partial charge in [-0.3, -0.25) is 0 Å². The summed E-state index contributed by atoms with van der Waals surface area (Å²) in [6.45, 7) is 3.77. The minimum atomic E-state index is -3.50. The highest BCUT2D eigenvalue weighted by molar-refractivity contribution is 7.89. The number of halogens is 1. The molecule has 1 saturated heterocycles. The molecule has 2 aromatic rings. The van der Waals surface area contributed by atoms with Crippen LogP contribution in [0.3, 0.4) is 0 Å². The van der Waals surface area contributed by atoms with Crippen LogP contribution in [0.4, 0.5) is 10.1 Å². The third kappa shape index (κ3) is 3.85. The molecule has 4 nitrogen and oxygen atoms in total. The molecule has 2 aromatic carbocycles. The smallest absolute Gasteiger partial charge is 0.243 e. The Morgan fingerprint density at radius 3 is 2.20 bits per heavy atom. The first-order valence-electron chi connectivity index (χ1n) is 8.61. The molecular formula is C19H23FN2O2S. The number of aryl methyl sites for hydroxylation is 1. The topological polar surface area (TPSA) is 40.6 Å². The van der Waals surface area contributed by atoms with Crippen molar-refractivity contribution in [2.45, 2.75) is 24.7 Å². The van der Waals surface area contributed by atoms with E-state index >= 15 is 0 Å². The zero-order chi connectivity index (χ0) is 17.9. The lowest BCUT2D eigenvalue weighted by Crippen LogP contribution is -2.48. The second-order valence-corrected chi connectivity index (χ2v) is 8.17. The number of rotatable bonds is 5. The first kappa shape index (κ1) is 17.9. The van der Waals surface area contributed by atoms with Gasteiger partial charge in [-0.25, -0.2) is 12.8 Å². The molecule has 0 spiro atoms. The molecule has 0 N–H and O–H groups in total. The summed E-state index contributed by atoms with van der Waals surface area (Å²) in [6.07, 6.45) is 1.98. The Morgan fingerprint density at radius 2 is 1.60 bits per heavy atom. The molecule has 1 aliphatic heterocycles. The maximum absolute atomic E-state index is 13.9. The average Bonchev–Trinajstić information content (AvgIpc) is 2.63. The van der Waals surface area contributed by atoms with Crippen molar-refractivity contribution < 1.29 is 12.8 Å². The summed E-state index contributed by atoms with van der Waals surface area (Å²) in [4.78, 5) is 2.22. The number of hydrogen-bond donors (Lipinski definition) is 0. The van der Waals surface area contributed by atoms with Crippen molar-refractivity contribution in [1.82, 2.24) is 4.31 Å². The summed E-state index contributed by atoms with van der Waals surface area (Å²) >= 11 is 0. The quantitative estimate of drug-likeness (QED) is 0.819. The molecule has 0 saturated carbocycles. The van der Waals surface area contributed by atoms with Crippen LogP contribution in [0.2, 0.25) is 0 Å². The molecule has 0 bridgehead atoms. The van der Waals surface area contributed by atoms with E-state index in [1.807, 2.05) is 17.0 Å². The Labute approximate surface area is 148 Å². The van der Waals surface area contributed by atoms with Crippen LogP contribution in [0, 0.1) is 5.82 Å². The molecular weight excluding hydrogens is 339 g/mol.